The summed E-state index contributed by atoms with van der Waals surface area (Å²) in [4.78, 5) is 12.2. The molecule has 0 fully saturated rings. The van der Waals surface area contributed by atoms with Crippen LogP contribution in [0.2, 0.25) is 0 Å². The lowest BCUT2D eigenvalue weighted by Gasteiger charge is -2.17. The third-order valence-corrected chi connectivity index (χ3v) is 4.22. The number of hydrogen-bond acceptors (Lipinski definition) is 3. The molecule has 0 aliphatic heterocycles. The van der Waals surface area contributed by atoms with Gasteiger partial charge in [-0.1, -0.05) is 44.2 Å². The summed E-state index contributed by atoms with van der Waals surface area (Å²) in [5, 5.41) is 2.87. The second kappa shape index (κ2) is 9.27. The molecule has 4 heteroatoms. The third kappa shape index (κ3) is 5.51. The van der Waals surface area contributed by atoms with Crippen LogP contribution in [-0.4, -0.2) is 25.2 Å². The minimum absolute atomic E-state index is 0.147. The summed E-state index contributed by atoms with van der Waals surface area (Å²) in [5.41, 5.74) is 3.30. The first-order chi connectivity index (χ1) is 12.4. The van der Waals surface area contributed by atoms with Crippen molar-refractivity contribution >= 4 is 5.91 Å². The Hall–Kier alpha value is -2.49. The molecule has 1 atom stereocenters. The first kappa shape index (κ1) is 19.8. The molecule has 0 saturated carbocycles. The van der Waals surface area contributed by atoms with E-state index < -0.39 is 6.10 Å². The van der Waals surface area contributed by atoms with Gasteiger partial charge in [-0.15, -0.1) is 0 Å². The molecule has 0 heterocycles. The van der Waals surface area contributed by atoms with Gasteiger partial charge in [0.05, 0.1) is 6.54 Å². The number of carbonyl (C=O) groups excluding carboxylic acids is 1. The van der Waals surface area contributed by atoms with Gasteiger partial charge in [-0.05, 0) is 55.5 Å². The van der Waals surface area contributed by atoms with Crippen LogP contribution in [0.1, 0.15) is 43.4 Å². The second-order valence-electron chi connectivity index (χ2n) is 6.86. The number of ether oxygens (including phenoxy) is 2. The highest BCUT2D eigenvalue weighted by molar-refractivity contribution is 5.80. The topological polar surface area (TPSA) is 47.6 Å². The highest BCUT2D eigenvalue weighted by Crippen LogP contribution is 2.25. The fraction of sp³-hybridized carbons (Fsp3) is 0.409. The lowest BCUT2D eigenvalue weighted by atomic mass is 10.0. The first-order valence-corrected chi connectivity index (χ1v) is 9.12. The van der Waals surface area contributed by atoms with Crippen molar-refractivity contribution < 1.29 is 14.3 Å². The van der Waals surface area contributed by atoms with Crippen LogP contribution in [0.4, 0.5) is 0 Å². The molecule has 0 aliphatic rings. The molecule has 1 unspecified atom stereocenters. The predicted molar refractivity (Wildman–Crippen MR) is 105 cm³/mol. The van der Waals surface area contributed by atoms with E-state index >= 15 is 0 Å². The van der Waals surface area contributed by atoms with E-state index in [4.69, 9.17) is 9.47 Å². The number of nitrogens with one attached hydrogen (secondary N) is 1. The Balaban J connectivity index is 1.81. The van der Waals surface area contributed by atoms with Crippen LogP contribution < -0.4 is 14.8 Å². The summed E-state index contributed by atoms with van der Waals surface area (Å²) in [6.07, 6.45) is -0.557. The zero-order valence-electron chi connectivity index (χ0n) is 16.3. The maximum Gasteiger partial charge on any atom is 0.260 e. The maximum atomic E-state index is 12.2. The van der Waals surface area contributed by atoms with Crippen molar-refractivity contribution in [3.63, 3.8) is 0 Å². The van der Waals surface area contributed by atoms with E-state index in [1.54, 1.807) is 6.92 Å². The van der Waals surface area contributed by atoms with E-state index in [9.17, 15) is 4.79 Å². The lowest BCUT2D eigenvalue weighted by Crippen LogP contribution is -2.38. The molecule has 140 valence electrons. The zero-order valence-corrected chi connectivity index (χ0v) is 16.3. The molecule has 2 rings (SSSR count). The molecule has 0 radical (unpaired) electrons. The van der Waals surface area contributed by atoms with Gasteiger partial charge >= 0.3 is 0 Å². The van der Waals surface area contributed by atoms with Gasteiger partial charge < -0.3 is 14.8 Å². The van der Waals surface area contributed by atoms with Crippen molar-refractivity contribution in [3.8, 4) is 11.5 Å². The molecule has 0 aliphatic carbocycles. The summed E-state index contributed by atoms with van der Waals surface area (Å²) in [7, 11) is 0. The lowest BCUT2D eigenvalue weighted by molar-refractivity contribution is -0.127. The van der Waals surface area contributed by atoms with Gasteiger partial charge in [-0.2, -0.15) is 0 Å². The standard InChI is InChI=1S/C22H29NO3/c1-15(2)19-8-6-7-9-20(19)25-13-12-23-22(24)18(5)26-21-14-16(3)10-11-17(21)4/h6-11,14-15,18H,12-13H2,1-5H3,(H,23,24). The van der Waals surface area contributed by atoms with Gasteiger partial charge in [0.1, 0.15) is 18.1 Å². The van der Waals surface area contributed by atoms with Crippen molar-refractivity contribution in [1.82, 2.24) is 5.32 Å². The smallest absolute Gasteiger partial charge is 0.260 e. The van der Waals surface area contributed by atoms with E-state index in [1.165, 1.54) is 5.56 Å². The van der Waals surface area contributed by atoms with E-state index in [1.807, 2.05) is 50.2 Å². The fourth-order valence-electron chi connectivity index (χ4n) is 2.65. The Morgan fingerprint density at radius 2 is 1.77 bits per heavy atom. The van der Waals surface area contributed by atoms with Crippen molar-refractivity contribution in [2.45, 2.75) is 46.6 Å². The number of rotatable bonds is 8. The van der Waals surface area contributed by atoms with Gasteiger partial charge in [0.2, 0.25) is 0 Å². The summed E-state index contributed by atoms with van der Waals surface area (Å²) >= 11 is 0. The van der Waals surface area contributed by atoms with Crippen molar-refractivity contribution in [2.75, 3.05) is 13.2 Å². The minimum atomic E-state index is -0.557. The average molecular weight is 355 g/mol. The molecular formula is C22H29NO3. The molecule has 2 aromatic rings. The van der Waals surface area contributed by atoms with Crippen LogP contribution in [0.3, 0.4) is 0 Å². The molecular weight excluding hydrogens is 326 g/mol. The van der Waals surface area contributed by atoms with E-state index in [0.717, 1.165) is 22.6 Å². The Bertz CT molecular complexity index is 740. The molecule has 4 nitrogen and oxygen atoms in total. The van der Waals surface area contributed by atoms with Gasteiger partial charge in [-0.25, -0.2) is 0 Å². The van der Waals surface area contributed by atoms with Gasteiger partial charge in [0, 0.05) is 0 Å². The third-order valence-electron chi connectivity index (χ3n) is 4.22. The predicted octanol–water partition coefficient (Wildman–Crippen LogP) is 4.39. The van der Waals surface area contributed by atoms with Crippen LogP contribution in [-0.2, 0) is 4.79 Å². The summed E-state index contributed by atoms with van der Waals surface area (Å²) in [5.74, 6) is 1.87. The number of hydrogen-bond donors (Lipinski definition) is 1. The molecule has 1 amide bonds. The molecule has 26 heavy (non-hydrogen) atoms. The first-order valence-electron chi connectivity index (χ1n) is 9.12. The molecule has 0 aromatic heterocycles. The Morgan fingerprint density at radius 1 is 1.04 bits per heavy atom. The van der Waals surface area contributed by atoms with Crippen molar-refractivity contribution in [1.29, 1.82) is 0 Å². The number of aryl methyl sites for hydroxylation is 2. The summed E-state index contributed by atoms with van der Waals surface area (Å²) < 4.78 is 11.6. The molecule has 0 saturated heterocycles. The second-order valence-corrected chi connectivity index (χ2v) is 6.86. The van der Waals surface area contributed by atoms with Crippen LogP contribution in [0, 0.1) is 13.8 Å². The Kier molecular flexibility index (Phi) is 7.07. The molecule has 1 N–H and O–H groups in total. The Morgan fingerprint density at radius 3 is 2.50 bits per heavy atom. The number of para-hydroxylation sites is 1. The molecule has 2 aromatic carbocycles. The highest BCUT2D eigenvalue weighted by Gasteiger charge is 2.15. The highest BCUT2D eigenvalue weighted by atomic mass is 16.5. The largest absolute Gasteiger partial charge is 0.491 e. The molecule has 0 bridgehead atoms. The minimum Gasteiger partial charge on any atom is -0.491 e. The quantitative estimate of drug-likeness (QED) is 0.715. The number of benzene rings is 2. The van der Waals surface area contributed by atoms with Crippen LogP contribution in [0.25, 0.3) is 0 Å². The van der Waals surface area contributed by atoms with E-state index in [0.29, 0.717) is 19.1 Å². The fourth-order valence-corrected chi connectivity index (χ4v) is 2.65. The van der Waals surface area contributed by atoms with Crippen LogP contribution in [0.15, 0.2) is 42.5 Å². The average Bonchev–Trinajstić information content (AvgIpc) is 2.61. The van der Waals surface area contributed by atoms with Crippen LogP contribution in [0.5, 0.6) is 11.5 Å². The van der Waals surface area contributed by atoms with Crippen LogP contribution >= 0.6 is 0 Å². The molecule has 0 spiro atoms. The Labute approximate surface area is 156 Å². The van der Waals surface area contributed by atoms with Gasteiger partial charge in [0.15, 0.2) is 6.10 Å². The number of amides is 1. The van der Waals surface area contributed by atoms with Gasteiger partial charge in [0.25, 0.3) is 5.91 Å². The number of carbonyl (C=O) groups is 1. The zero-order chi connectivity index (χ0) is 19.1. The maximum absolute atomic E-state index is 12.2. The van der Waals surface area contributed by atoms with E-state index in [-0.39, 0.29) is 5.91 Å². The summed E-state index contributed by atoms with van der Waals surface area (Å²) in [6.45, 7) is 10.9. The normalized spacial score (nSPS) is 11.9. The summed E-state index contributed by atoms with van der Waals surface area (Å²) in [6, 6.07) is 14.0. The van der Waals surface area contributed by atoms with Crippen molar-refractivity contribution in [2.24, 2.45) is 0 Å². The SMILES string of the molecule is Cc1ccc(C)c(OC(C)C(=O)NCCOc2ccccc2C(C)C)c1. The monoisotopic (exact) mass is 355 g/mol. The van der Waals surface area contributed by atoms with E-state index in [2.05, 4.69) is 25.2 Å². The van der Waals surface area contributed by atoms with Gasteiger partial charge in [-0.3, -0.25) is 4.79 Å². The van der Waals surface area contributed by atoms with Crippen molar-refractivity contribution in [3.05, 3.63) is 59.2 Å².